The molecule has 7 N–H and O–H groups in total. The van der Waals surface area contributed by atoms with Crippen LogP contribution in [0, 0.1) is 0 Å². The van der Waals surface area contributed by atoms with Crippen molar-refractivity contribution in [3.05, 3.63) is 144 Å². The normalized spacial score (nSPS) is 10.7. The fraction of sp³-hybridized carbons (Fsp3) is 0.642. The van der Waals surface area contributed by atoms with Crippen LogP contribution < -0.4 is 0 Å². The zero-order valence-electron chi connectivity index (χ0n) is 43.0. The molecule has 4 aromatic carbocycles. The minimum Gasteiger partial charge on any atom is -0.378 e. The lowest BCUT2D eigenvalue weighted by Gasteiger charge is -2.18. The van der Waals surface area contributed by atoms with E-state index in [-0.39, 0.29) is 167 Å². The highest BCUT2D eigenvalue weighted by atomic mass is 32.2. The maximum absolute atomic E-state index is 10.7. The van der Waals surface area contributed by atoms with Gasteiger partial charge in [-0.2, -0.15) is 0 Å². The van der Waals surface area contributed by atoms with E-state index in [0.717, 1.165) is 43.2 Å². The van der Waals surface area contributed by atoms with Gasteiger partial charge < -0.3 is 62.5 Å². The molecule has 0 radical (unpaired) electrons. The van der Waals surface area contributed by atoms with Crippen molar-refractivity contribution in [1.29, 1.82) is 0 Å². The maximum atomic E-state index is 10.7. The van der Waals surface area contributed by atoms with Gasteiger partial charge in [-0.1, -0.05) is 301 Å². The second-order valence-corrected chi connectivity index (χ2v) is 22.2. The molecule has 5 atom stereocenters. The van der Waals surface area contributed by atoms with Crippen LogP contribution in [0.1, 0.15) is 246 Å². The number of benzene rings is 4. The van der Waals surface area contributed by atoms with Crippen molar-refractivity contribution in [1.82, 2.24) is 0 Å². The van der Waals surface area contributed by atoms with Crippen LogP contribution in [0.2, 0.25) is 0 Å². The van der Waals surface area contributed by atoms with Crippen LogP contribution in [-0.4, -0.2) is 107 Å². The van der Waals surface area contributed by atoms with Crippen LogP contribution >= 0.6 is 55.2 Å². The molecule has 0 aromatic heterocycles. The average molecular weight is 1500 g/mol. The predicted molar refractivity (Wildman–Crippen MR) is 417 cm³/mol. The Morgan fingerprint density at radius 3 is 1.06 bits per heavy atom. The molecule has 0 aliphatic heterocycles. The molecule has 95 heavy (non-hydrogen) atoms. The van der Waals surface area contributed by atoms with E-state index < -0.39 is 64.3 Å². The van der Waals surface area contributed by atoms with Gasteiger partial charge >= 0.3 is 31.7 Å². The van der Waals surface area contributed by atoms with E-state index in [1.165, 1.54) is 22.9 Å². The number of hydrogen-bond donors (Lipinski definition) is 7. The smallest absolute Gasteiger partial charge is 0.378 e. The highest BCUT2D eigenvalue weighted by Gasteiger charge is 2.20. The van der Waals surface area contributed by atoms with E-state index >= 15 is 0 Å². The summed E-state index contributed by atoms with van der Waals surface area (Å²) in [7, 11) is -16.1. The van der Waals surface area contributed by atoms with Crippen LogP contribution in [0.5, 0.6) is 0 Å². The minimum absolute atomic E-state index is 0. The highest BCUT2D eigenvalue weighted by molar-refractivity contribution is 7.99. The first kappa shape index (κ1) is 143. The van der Waals surface area contributed by atoms with Crippen molar-refractivity contribution in [2.24, 2.45) is 0 Å². The fourth-order valence-corrected chi connectivity index (χ4v) is 8.01. The van der Waals surface area contributed by atoms with E-state index in [9.17, 15) is 18.3 Å². The molecule has 0 amide bonds. The molecule has 582 valence electrons. The predicted octanol–water partition coefficient (Wildman–Crippen LogP) is 23.3. The van der Waals surface area contributed by atoms with Gasteiger partial charge in [0.05, 0.1) is 25.1 Å². The molecule has 0 aliphatic carbocycles. The second kappa shape index (κ2) is 89.7. The summed E-state index contributed by atoms with van der Waals surface area (Å²) in [6, 6.07) is 38.7. The summed E-state index contributed by atoms with van der Waals surface area (Å²) in [5.74, 6) is 0.757. The molecular weight excluding hydrogens is 1340 g/mol. The molecule has 0 spiro atoms. The zero-order valence-corrected chi connectivity index (χ0v) is 48.2. The molecule has 4 rings (SSSR count). The molecule has 22 nitrogen and oxygen atoms in total. The van der Waals surface area contributed by atoms with Gasteiger partial charge in [-0.05, 0) is 48.4 Å². The van der Waals surface area contributed by atoms with E-state index in [1.54, 1.807) is 11.8 Å². The second-order valence-electron chi connectivity index (χ2n) is 15.3. The van der Waals surface area contributed by atoms with Crippen LogP contribution in [0.3, 0.4) is 0 Å². The van der Waals surface area contributed by atoms with Crippen molar-refractivity contribution in [3.63, 3.8) is 0 Å². The Kier molecular flexibility index (Phi) is 135. The molecule has 0 fully saturated rings. The van der Waals surface area contributed by atoms with Gasteiger partial charge in [0.2, 0.25) is 6.79 Å². The van der Waals surface area contributed by atoms with Crippen molar-refractivity contribution >= 4 is 55.2 Å². The number of phosphoric acid groups is 3. The number of phosphoric ester groups is 3. The Hall–Kier alpha value is -2.35. The Bertz CT molecular complexity index is 2160. The summed E-state index contributed by atoms with van der Waals surface area (Å²) in [6.45, 7) is 8.65. The lowest BCUT2D eigenvalue weighted by atomic mass is 10.1. The van der Waals surface area contributed by atoms with Gasteiger partial charge in [-0.3, -0.25) is 13.6 Å². The summed E-state index contributed by atoms with van der Waals surface area (Å²) in [4.78, 5) is 59.8. The third-order valence-electron chi connectivity index (χ3n) is 9.43. The van der Waals surface area contributed by atoms with Crippen molar-refractivity contribution in [2.45, 2.75) is 224 Å². The summed E-state index contributed by atoms with van der Waals surface area (Å²) in [5.41, 5.74) is 4.14. The number of thioether (sulfide) groups is 2. The van der Waals surface area contributed by atoms with Gasteiger partial charge in [0.15, 0.2) is 20.4 Å². The molecule has 0 saturated heterocycles. The monoisotopic (exact) mass is 1500 g/mol. The first-order valence-electron chi connectivity index (χ1n) is 23.7. The third kappa shape index (κ3) is 85.8. The van der Waals surface area contributed by atoms with Crippen LogP contribution in [0.25, 0.3) is 0 Å². The molecule has 0 saturated carbocycles. The molecule has 4 aromatic rings. The fourth-order valence-electron chi connectivity index (χ4n) is 5.61. The van der Waals surface area contributed by atoms with Crippen molar-refractivity contribution in [2.75, 3.05) is 72.3 Å². The van der Waals surface area contributed by atoms with Crippen LogP contribution in [0.15, 0.2) is 121 Å². The zero-order chi connectivity index (χ0) is 56.3. The number of ether oxygens (including phenoxy) is 7. The minimum atomic E-state index is -4.55. The van der Waals surface area contributed by atoms with Crippen molar-refractivity contribution < 1.29 is 104 Å². The highest BCUT2D eigenvalue weighted by Crippen LogP contribution is 2.38. The SMILES string of the molecule is C.C.C.C.C.C.C.C.C.C.C.C.C.C.C.C.C.C.C.CC(SCOCOP(=O)(O)O)c1ccccc1.CCC(SCOCO[P+](=O)O)c1ccccc1.CCCCOCC(OCOP(=O)(O)O)c1ccccc1.CCCCOCOCC(OCOP(=O)(O)O)c1ccccc1. The Morgan fingerprint density at radius 2 is 0.716 bits per heavy atom. The van der Waals surface area contributed by atoms with Gasteiger partial charge in [0.25, 0.3) is 0 Å². The standard InChI is InChI=1S/C14H23O7P.C13H21O6P.C11H15O4PS.C10H15O5PS.19CH4/c1-2-3-9-18-11-19-10-14(13-7-5-4-6-8-13)20-12-21-22(15,16)17;1-2-3-9-17-10-13(12-7-5-4-6-8-12)18-11-19-20(14,15)16;1-2-11(10-6-4-3-5-7-10)17-9-14-8-15-16(12)13;1-9(10-5-3-2-4-6-10)17-8-14-7-15-16(11,12)13;;;;;;;;;;;;;;;;;;;/h4-8,14H,2-3,9-12H2,1H3,(H2,15,16,17);4-8,13H,2-3,9-11H2,1H3,(H2,14,15,16);3-7,11H,2,8-9H2,1H3;2-6,9H,7-8H2,1H3,(H2,11,12,13);19*1H4/p+1. The van der Waals surface area contributed by atoms with Gasteiger partial charge in [-0.15, -0.1) is 28.4 Å². The van der Waals surface area contributed by atoms with Crippen LogP contribution in [-0.2, 0) is 69.5 Å². The first-order valence-corrected chi connectivity index (χ1v) is 31.5. The molecule has 0 bridgehead atoms. The summed E-state index contributed by atoms with van der Waals surface area (Å²) in [5, 5.41) is 0.630. The molecule has 28 heteroatoms. The third-order valence-corrected chi connectivity index (χ3v) is 13.5. The van der Waals surface area contributed by atoms with E-state index in [0.29, 0.717) is 36.9 Å². The van der Waals surface area contributed by atoms with E-state index in [1.807, 2.05) is 116 Å². The van der Waals surface area contributed by atoms with Gasteiger partial charge in [-0.25, -0.2) is 13.7 Å². The lowest BCUT2D eigenvalue weighted by molar-refractivity contribution is -0.117. The summed E-state index contributed by atoms with van der Waals surface area (Å²) in [6.07, 6.45) is 4.11. The first-order chi connectivity index (χ1) is 36.3. The topological polar surface area (TPSA) is 311 Å². The van der Waals surface area contributed by atoms with Gasteiger partial charge in [0, 0.05) is 28.3 Å². The number of hydrogen-bond acceptors (Lipinski definition) is 17. The molecular formula is C67H151O22P4S2+. The Morgan fingerprint density at radius 1 is 0.400 bits per heavy atom. The Labute approximate surface area is 595 Å². The number of unbranched alkanes of at least 4 members (excludes halogenated alkanes) is 2. The van der Waals surface area contributed by atoms with E-state index in [2.05, 4.69) is 51.0 Å². The lowest BCUT2D eigenvalue weighted by Crippen LogP contribution is -2.15. The Balaban J connectivity index is -0.0000000449. The average Bonchev–Trinajstić information content (AvgIpc) is 3.63. The van der Waals surface area contributed by atoms with E-state index in [4.69, 9.17) is 67.4 Å². The molecule has 0 aliphatic rings. The number of rotatable bonds is 37. The largest absolute Gasteiger partial charge is 0.697 e. The summed E-state index contributed by atoms with van der Waals surface area (Å²) >= 11 is 3.17. The van der Waals surface area contributed by atoms with Crippen LogP contribution in [0.4, 0.5) is 0 Å². The van der Waals surface area contributed by atoms with Gasteiger partial charge in [0.1, 0.15) is 19.0 Å². The maximum Gasteiger partial charge on any atom is 0.697 e. The molecule has 5 unspecified atom stereocenters. The molecule has 0 heterocycles. The summed E-state index contributed by atoms with van der Waals surface area (Å²) < 4.78 is 95.8. The quantitative estimate of drug-likeness (QED) is 0.0125. The van der Waals surface area contributed by atoms with Crippen molar-refractivity contribution in [3.8, 4) is 0 Å².